The van der Waals surface area contributed by atoms with Gasteiger partial charge in [0, 0.05) is 54.5 Å². The molecule has 0 radical (unpaired) electrons. The van der Waals surface area contributed by atoms with Gasteiger partial charge in [0.15, 0.2) is 0 Å². The Labute approximate surface area is 216 Å². The van der Waals surface area contributed by atoms with Gasteiger partial charge in [-0.05, 0) is 25.0 Å². The van der Waals surface area contributed by atoms with Crippen molar-refractivity contribution in [2.75, 3.05) is 18.8 Å². The highest BCUT2D eigenvalue weighted by atomic mass is 32.2. The molecule has 0 saturated carbocycles. The van der Waals surface area contributed by atoms with Crippen LogP contribution < -0.4 is 5.32 Å². The second-order valence-corrected chi connectivity index (χ2v) is 10.1. The molecule has 2 amide bonds. The molecule has 1 fully saturated rings. The Balaban J connectivity index is 1.33. The first-order valence-electron chi connectivity index (χ1n) is 11.4. The maximum absolute atomic E-state index is 13.1. The van der Waals surface area contributed by atoms with Crippen LogP contribution in [-0.2, 0) is 6.54 Å². The van der Waals surface area contributed by atoms with Crippen molar-refractivity contribution in [3.63, 3.8) is 0 Å². The van der Waals surface area contributed by atoms with Crippen molar-refractivity contribution < 1.29 is 14.5 Å². The van der Waals surface area contributed by atoms with E-state index >= 15 is 0 Å². The summed E-state index contributed by atoms with van der Waals surface area (Å²) >= 11 is 2.92. The minimum atomic E-state index is -0.464. The smallest absolute Gasteiger partial charge is 0.274 e. The van der Waals surface area contributed by atoms with Gasteiger partial charge in [-0.3, -0.25) is 19.7 Å². The normalized spacial score (nSPS) is 13.8. The number of hydrogen-bond donors (Lipinski definition) is 1. The van der Waals surface area contributed by atoms with Crippen molar-refractivity contribution in [1.82, 2.24) is 20.2 Å². The monoisotopic (exact) mass is 523 g/mol. The van der Waals surface area contributed by atoms with Crippen LogP contribution in [0.5, 0.6) is 0 Å². The highest BCUT2D eigenvalue weighted by Gasteiger charge is 2.28. The number of rotatable bonds is 9. The van der Waals surface area contributed by atoms with Crippen molar-refractivity contribution in [3.05, 3.63) is 92.6 Å². The minimum Gasteiger partial charge on any atom is -0.346 e. The first-order chi connectivity index (χ1) is 17.5. The zero-order chi connectivity index (χ0) is 25.5. The van der Waals surface area contributed by atoms with E-state index in [0.717, 1.165) is 17.8 Å². The van der Waals surface area contributed by atoms with Gasteiger partial charge in [0.25, 0.3) is 17.5 Å². The number of thioether (sulfide) groups is 1. The molecule has 4 rings (SSSR count). The summed E-state index contributed by atoms with van der Waals surface area (Å²) in [5.74, 6) is 0.452. The molecule has 0 unspecified atom stereocenters. The van der Waals surface area contributed by atoms with Gasteiger partial charge in [0.2, 0.25) is 0 Å². The molecule has 3 aromatic rings. The van der Waals surface area contributed by atoms with E-state index in [1.165, 1.54) is 29.2 Å². The van der Waals surface area contributed by atoms with Gasteiger partial charge in [0.1, 0.15) is 10.7 Å². The summed E-state index contributed by atoms with van der Waals surface area (Å²) in [6, 6.07) is 9.90. The molecule has 1 aliphatic heterocycles. The van der Waals surface area contributed by atoms with Gasteiger partial charge >= 0.3 is 0 Å². The SMILES string of the molecule is C=CCSc1ncccc1C(=O)N1CCC(c2nc(C(=O)NCc3ccccc3[N+](=O)[O-])cs2)CC1. The number of piperidine rings is 1. The summed E-state index contributed by atoms with van der Waals surface area (Å²) in [5.41, 5.74) is 1.31. The summed E-state index contributed by atoms with van der Waals surface area (Å²) in [5, 5.41) is 17.2. The van der Waals surface area contributed by atoms with Crippen LogP contribution in [0.4, 0.5) is 5.69 Å². The molecule has 3 heterocycles. The van der Waals surface area contributed by atoms with Crippen LogP contribution >= 0.6 is 23.1 Å². The van der Waals surface area contributed by atoms with Crippen LogP contribution in [-0.4, -0.2) is 50.4 Å². The molecule has 0 spiro atoms. The van der Waals surface area contributed by atoms with E-state index in [1.807, 2.05) is 11.0 Å². The number of nitro groups is 1. The van der Waals surface area contributed by atoms with Crippen LogP contribution in [0.25, 0.3) is 0 Å². The molecule has 1 N–H and O–H groups in total. The third kappa shape index (κ3) is 5.97. The Kier molecular flexibility index (Phi) is 8.44. The quantitative estimate of drug-likeness (QED) is 0.187. The van der Waals surface area contributed by atoms with Gasteiger partial charge < -0.3 is 10.2 Å². The molecule has 9 nitrogen and oxygen atoms in total. The van der Waals surface area contributed by atoms with Crippen molar-refractivity contribution >= 4 is 40.6 Å². The fourth-order valence-corrected chi connectivity index (χ4v) is 5.68. The predicted molar refractivity (Wildman–Crippen MR) is 139 cm³/mol. The average Bonchev–Trinajstić information content (AvgIpc) is 3.41. The number of nitrogens with one attached hydrogen (secondary N) is 1. The number of carbonyl (C=O) groups excluding carboxylic acids is 2. The summed E-state index contributed by atoms with van der Waals surface area (Å²) in [4.78, 5) is 47.1. The van der Waals surface area contributed by atoms with Gasteiger partial charge in [-0.1, -0.05) is 24.3 Å². The molecule has 1 aromatic carbocycles. The number of para-hydroxylation sites is 1. The largest absolute Gasteiger partial charge is 0.346 e. The maximum atomic E-state index is 13.1. The Bertz CT molecular complexity index is 1270. The van der Waals surface area contributed by atoms with E-state index in [2.05, 4.69) is 21.9 Å². The van der Waals surface area contributed by atoms with Gasteiger partial charge in [-0.15, -0.1) is 29.7 Å². The first-order valence-corrected chi connectivity index (χ1v) is 13.3. The van der Waals surface area contributed by atoms with Crippen molar-refractivity contribution in [1.29, 1.82) is 0 Å². The molecule has 0 bridgehead atoms. The lowest BCUT2D eigenvalue weighted by Crippen LogP contribution is -2.38. The number of thiazole rings is 1. The summed E-state index contributed by atoms with van der Waals surface area (Å²) < 4.78 is 0. The molecule has 36 heavy (non-hydrogen) atoms. The number of carbonyl (C=O) groups is 2. The number of amides is 2. The lowest BCUT2D eigenvalue weighted by molar-refractivity contribution is -0.385. The summed E-state index contributed by atoms with van der Waals surface area (Å²) in [6.07, 6.45) is 4.98. The zero-order valence-corrected chi connectivity index (χ0v) is 21.1. The highest BCUT2D eigenvalue weighted by molar-refractivity contribution is 7.99. The Morgan fingerprint density at radius 1 is 1.25 bits per heavy atom. The van der Waals surface area contributed by atoms with Gasteiger partial charge in [-0.2, -0.15) is 0 Å². The first kappa shape index (κ1) is 25.5. The van der Waals surface area contributed by atoms with Crippen molar-refractivity contribution in [3.8, 4) is 0 Å². The minimum absolute atomic E-state index is 0.0256. The third-order valence-corrected chi connectivity index (χ3v) is 7.86. The lowest BCUT2D eigenvalue weighted by atomic mass is 9.97. The molecule has 11 heteroatoms. The van der Waals surface area contributed by atoms with Crippen molar-refractivity contribution in [2.24, 2.45) is 0 Å². The standard InChI is InChI=1S/C25H25N5O4S2/c1-2-14-35-24-19(7-5-11-26-24)25(32)29-12-9-17(10-13-29)23-28-20(16-36-23)22(31)27-15-18-6-3-4-8-21(18)30(33)34/h2-8,11,16-17H,1,9-10,12-15H2,(H,27,31). The maximum Gasteiger partial charge on any atom is 0.274 e. The number of benzene rings is 1. The van der Waals surface area contributed by atoms with Crippen LogP contribution in [0, 0.1) is 10.1 Å². The molecule has 2 aromatic heterocycles. The van der Waals surface area contributed by atoms with E-state index in [4.69, 9.17) is 0 Å². The fourth-order valence-electron chi connectivity index (χ4n) is 3.99. The molecular weight excluding hydrogens is 498 g/mol. The number of pyridine rings is 1. The molecule has 186 valence electrons. The number of nitro benzene ring substituents is 1. The third-order valence-electron chi connectivity index (χ3n) is 5.85. The number of hydrogen-bond acceptors (Lipinski definition) is 8. The molecule has 1 saturated heterocycles. The van der Waals surface area contributed by atoms with E-state index in [9.17, 15) is 19.7 Å². The Morgan fingerprint density at radius 3 is 2.78 bits per heavy atom. The van der Waals surface area contributed by atoms with Gasteiger partial charge in [0.05, 0.1) is 15.5 Å². The Hall–Kier alpha value is -3.57. The molecular formula is C25H25N5O4S2. The van der Waals surface area contributed by atoms with E-state index < -0.39 is 4.92 Å². The number of likely N-dealkylation sites (tertiary alicyclic amines) is 1. The summed E-state index contributed by atoms with van der Waals surface area (Å²) in [6.45, 7) is 4.97. The second-order valence-electron chi connectivity index (χ2n) is 8.16. The average molecular weight is 524 g/mol. The predicted octanol–water partition coefficient (Wildman–Crippen LogP) is 4.67. The van der Waals surface area contributed by atoms with E-state index in [-0.39, 0.29) is 30.0 Å². The summed E-state index contributed by atoms with van der Waals surface area (Å²) in [7, 11) is 0. The van der Waals surface area contributed by atoms with E-state index in [0.29, 0.717) is 40.7 Å². The molecule has 1 aliphatic rings. The molecule has 0 atom stereocenters. The lowest BCUT2D eigenvalue weighted by Gasteiger charge is -2.31. The molecule has 0 aliphatic carbocycles. The van der Waals surface area contributed by atoms with Crippen LogP contribution in [0.3, 0.4) is 0 Å². The van der Waals surface area contributed by atoms with Crippen LogP contribution in [0.15, 0.2) is 65.7 Å². The van der Waals surface area contributed by atoms with Gasteiger partial charge in [-0.25, -0.2) is 9.97 Å². The number of nitrogens with zero attached hydrogens (tertiary/aromatic N) is 4. The van der Waals surface area contributed by atoms with Crippen molar-refractivity contribution in [2.45, 2.75) is 30.3 Å². The van der Waals surface area contributed by atoms with Crippen LogP contribution in [0.1, 0.15) is 50.2 Å². The van der Waals surface area contributed by atoms with E-state index in [1.54, 1.807) is 41.9 Å². The zero-order valence-electron chi connectivity index (χ0n) is 19.5. The number of aromatic nitrogens is 2. The Morgan fingerprint density at radius 2 is 2.03 bits per heavy atom. The van der Waals surface area contributed by atoms with Crippen LogP contribution in [0.2, 0.25) is 0 Å². The topological polar surface area (TPSA) is 118 Å². The fraction of sp³-hybridized carbons (Fsp3) is 0.280. The second kappa shape index (κ2) is 11.9. The highest BCUT2D eigenvalue weighted by Crippen LogP contribution is 2.32.